The van der Waals surface area contributed by atoms with Crippen molar-refractivity contribution in [1.29, 1.82) is 0 Å². The minimum Gasteiger partial charge on any atom is -0.420 e. The molecule has 2 aromatic carbocycles. The van der Waals surface area contributed by atoms with Crippen LogP contribution in [0.15, 0.2) is 57.7 Å². The lowest BCUT2D eigenvalue weighted by atomic mass is 9.98. The molecule has 0 aliphatic carbocycles. The van der Waals surface area contributed by atoms with Gasteiger partial charge < -0.3 is 20.8 Å². The highest BCUT2D eigenvalue weighted by atomic mass is 19.1. The van der Waals surface area contributed by atoms with Crippen molar-refractivity contribution in [3.8, 4) is 0 Å². The van der Waals surface area contributed by atoms with Gasteiger partial charge in [0.05, 0.1) is 23.7 Å². The maximum atomic E-state index is 14.0. The van der Waals surface area contributed by atoms with Gasteiger partial charge in [-0.15, -0.1) is 0 Å². The van der Waals surface area contributed by atoms with E-state index in [4.69, 9.17) is 15.9 Å². The molecule has 7 nitrogen and oxygen atoms in total. The number of nitrogens with two attached hydrogens (primary N) is 2. The molecule has 0 radical (unpaired) electrons. The molecule has 0 spiro atoms. The summed E-state index contributed by atoms with van der Waals surface area (Å²) in [5, 5.41) is -0.00957. The van der Waals surface area contributed by atoms with Crippen molar-refractivity contribution >= 4 is 34.0 Å². The predicted octanol–water partition coefficient (Wildman–Crippen LogP) is 2.08. The fourth-order valence-electron chi connectivity index (χ4n) is 3.08. The van der Waals surface area contributed by atoms with E-state index in [0.717, 1.165) is 0 Å². The molecule has 0 saturated carbocycles. The maximum Gasteiger partial charge on any atom is 0.374 e. The Bertz CT molecular complexity index is 1110. The number of anilines is 2. The summed E-state index contributed by atoms with van der Waals surface area (Å²) in [5.41, 5.74) is 10.1. The first-order valence-electron chi connectivity index (χ1n) is 8.49. The number of halogens is 1. The number of benzene rings is 2. The molecular formula is C20H18FN3O4. The Morgan fingerprint density at radius 3 is 2.46 bits per heavy atom. The number of nitrogens with zero attached hydrogens (tertiary/aromatic N) is 1. The Morgan fingerprint density at radius 1 is 1.14 bits per heavy atom. The molecule has 3 rings (SSSR count). The van der Waals surface area contributed by atoms with Crippen LogP contribution in [0.2, 0.25) is 0 Å². The van der Waals surface area contributed by atoms with Crippen LogP contribution in [0.5, 0.6) is 0 Å². The van der Waals surface area contributed by atoms with E-state index < -0.39 is 34.9 Å². The number of hydrogen-bond acceptors (Lipinski definition) is 6. The van der Waals surface area contributed by atoms with Crippen molar-refractivity contribution < 1.29 is 18.4 Å². The van der Waals surface area contributed by atoms with Crippen molar-refractivity contribution in [2.24, 2.45) is 5.73 Å². The van der Waals surface area contributed by atoms with Gasteiger partial charge in [0.1, 0.15) is 5.58 Å². The highest BCUT2D eigenvalue weighted by Gasteiger charge is 2.29. The van der Waals surface area contributed by atoms with Gasteiger partial charge >= 0.3 is 5.63 Å². The summed E-state index contributed by atoms with van der Waals surface area (Å²) in [6.07, 6.45) is 0. The summed E-state index contributed by atoms with van der Waals surface area (Å²) in [6, 6.07) is 11.9. The standard InChI is InChI=1S/C20H18FN3O4/c1-11(24(15(25)10-22)12-6-3-2-4-7-12)19(26)13-8-5-9-14-16(13)18(23)17(21)20(27)28-14/h2-9,11H,10,22-23H2,1H3/t11-/m0/s1. The SMILES string of the molecule is C[C@@H](C(=O)c1cccc2oc(=O)c(F)c(N)c12)N(C(=O)CN)c1ccccc1. The van der Waals surface area contributed by atoms with Crippen molar-refractivity contribution in [1.82, 2.24) is 0 Å². The molecule has 3 aromatic rings. The fraction of sp³-hybridized carbons (Fsp3) is 0.150. The third-order valence-electron chi connectivity index (χ3n) is 4.42. The summed E-state index contributed by atoms with van der Waals surface area (Å²) < 4.78 is 18.9. The van der Waals surface area contributed by atoms with E-state index in [2.05, 4.69) is 0 Å². The molecule has 0 aliphatic heterocycles. The smallest absolute Gasteiger partial charge is 0.374 e. The second-order valence-electron chi connectivity index (χ2n) is 6.14. The summed E-state index contributed by atoms with van der Waals surface area (Å²) in [7, 11) is 0. The van der Waals surface area contributed by atoms with Gasteiger partial charge in [0.25, 0.3) is 0 Å². The van der Waals surface area contributed by atoms with Crippen molar-refractivity contribution in [3.63, 3.8) is 0 Å². The van der Waals surface area contributed by atoms with Crippen molar-refractivity contribution in [2.45, 2.75) is 13.0 Å². The quantitative estimate of drug-likeness (QED) is 0.514. The Labute approximate surface area is 159 Å². The molecule has 4 N–H and O–H groups in total. The zero-order valence-electron chi connectivity index (χ0n) is 15.0. The zero-order chi connectivity index (χ0) is 20.4. The Morgan fingerprint density at radius 2 is 1.82 bits per heavy atom. The van der Waals surface area contributed by atoms with E-state index >= 15 is 0 Å². The number of amides is 1. The molecule has 8 heteroatoms. The summed E-state index contributed by atoms with van der Waals surface area (Å²) in [4.78, 5) is 38.4. The minimum absolute atomic E-state index is 0.00957. The monoisotopic (exact) mass is 383 g/mol. The van der Waals surface area contributed by atoms with Gasteiger partial charge in [-0.25, -0.2) is 4.79 Å². The first-order valence-corrected chi connectivity index (χ1v) is 8.49. The average molecular weight is 383 g/mol. The fourth-order valence-corrected chi connectivity index (χ4v) is 3.08. The van der Waals surface area contributed by atoms with Crippen molar-refractivity contribution in [2.75, 3.05) is 17.2 Å². The van der Waals surface area contributed by atoms with E-state index in [1.54, 1.807) is 30.3 Å². The summed E-state index contributed by atoms with van der Waals surface area (Å²) >= 11 is 0. The number of rotatable bonds is 5. The highest BCUT2D eigenvalue weighted by molar-refractivity contribution is 6.15. The molecule has 0 bridgehead atoms. The third kappa shape index (κ3) is 3.25. The van der Waals surface area contributed by atoms with Crippen LogP contribution >= 0.6 is 0 Å². The van der Waals surface area contributed by atoms with Crippen molar-refractivity contribution in [3.05, 3.63) is 70.3 Å². The van der Waals surface area contributed by atoms with Crippen LogP contribution in [0.3, 0.4) is 0 Å². The van der Waals surface area contributed by atoms with Crippen LogP contribution in [-0.4, -0.2) is 24.3 Å². The first kappa shape index (κ1) is 19.2. The third-order valence-corrected chi connectivity index (χ3v) is 4.42. The van der Waals surface area contributed by atoms with Crippen LogP contribution in [0.25, 0.3) is 11.0 Å². The molecule has 1 amide bonds. The molecule has 0 fully saturated rings. The van der Waals surface area contributed by atoms with E-state index in [-0.39, 0.29) is 23.1 Å². The highest BCUT2D eigenvalue weighted by Crippen LogP contribution is 2.28. The molecule has 0 unspecified atom stereocenters. The van der Waals surface area contributed by atoms with Gasteiger partial charge in [-0.2, -0.15) is 4.39 Å². The van der Waals surface area contributed by atoms with Gasteiger partial charge in [-0.1, -0.05) is 30.3 Å². The Balaban J connectivity index is 2.14. The number of para-hydroxylation sites is 1. The van der Waals surface area contributed by atoms with E-state index in [1.165, 1.54) is 30.0 Å². The Hall–Kier alpha value is -3.52. The van der Waals surface area contributed by atoms with Gasteiger partial charge in [-0.3, -0.25) is 9.59 Å². The minimum atomic E-state index is -1.27. The number of fused-ring (bicyclic) bond motifs is 1. The van der Waals surface area contributed by atoms with E-state index in [9.17, 15) is 18.8 Å². The normalized spacial score (nSPS) is 12.0. The molecule has 28 heavy (non-hydrogen) atoms. The number of carbonyl (C=O) groups excluding carboxylic acids is 2. The Kier molecular flexibility index (Phi) is 5.23. The molecule has 144 valence electrons. The van der Waals surface area contributed by atoms with Gasteiger partial charge in [0, 0.05) is 11.3 Å². The van der Waals surface area contributed by atoms with E-state index in [0.29, 0.717) is 5.69 Å². The lowest BCUT2D eigenvalue weighted by molar-refractivity contribution is -0.117. The van der Waals surface area contributed by atoms with Gasteiger partial charge in [0.15, 0.2) is 5.78 Å². The van der Waals surface area contributed by atoms with Gasteiger partial charge in [0.2, 0.25) is 11.7 Å². The predicted molar refractivity (Wildman–Crippen MR) is 104 cm³/mol. The van der Waals surface area contributed by atoms with Crippen LogP contribution in [0.4, 0.5) is 15.8 Å². The van der Waals surface area contributed by atoms with Crippen LogP contribution in [0, 0.1) is 5.82 Å². The maximum absolute atomic E-state index is 14.0. The lowest BCUT2D eigenvalue weighted by Crippen LogP contribution is -2.46. The topological polar surface area (TPSA) is 120 Å². The lowest BCUT2D eigenvalue weighted by Gasteiger charge is -2.28. The average Bonchev–Trinajstić information content (AvgIpc) is 2.71. The molecule has 1 heterocycles. The number of ketones is 1. The molecular weight excluding hydrogens is 365 g/mol. The van der Waals surface area contributed by atoms with Gasteiger partial charge in [-0.05, 0) is 25.1 Å². The van der Waals surface area contributed by atoms with Crippen LogP contribution in [0.1, 0.15) is 17.3 Å². The number of nitrogen functional groups attached to an aromatic ring is 1. The second kappa shape index (κ2) is 7.61. The second-order valence-corrected chi connectivity index (χ2v) is 6.14. The number of Topliss-reactive ketones (excluding diaryl/α,β-unsaturated/α-hetero) is 1. The summed E-state index contributed by atoms with van der Waals surface area (Å²) in [5.74, 6) is -2.23. The molecule has 1 atom stereocenters. The van der Waals surface area contributed by atoms with E-state index in [1.807, 2.05) is 0 Å². The largest absolute Gasteiger partial charge is 0.420 e. The number of hydrogen-bond donors (Lipinski definition) is 2. The zero-order valence-corrected chi connectivity index (χ0v) is 15.0. The molecule has 1 aromatic heterocycles. The van der Waals surface area contributed by atoms with Crippen LogP contribution in [-0.2, 0) is 4.79 Å². The summed E-state index contributed by atoms with van der Waals surface area (Å²) in [6.45, 7) is 1.24. The first-order chi connectivity index (χ1) is 13.4. The molecule has 0 aliphatic rings. The number of carbonyl (C=O) groups is 2. The van der Waals surface area contributed by atoms with Crippen LogP contribution < -0.4 is 22.0 Å². The molecule has 0 saturated heterocycles.